The third-order valence-electron chi connectivity index (χ3n) is 2.70. The van der Waals surface area contributed by atoms with Crippen LogP contribution in [0.4, 0.5) is 0 Å². The van der Waals surface area contributed by atoms with E-state index in [2.05, 4.69) is 23.5 Å². The lowest BCUT2D eigenvalue weighted by Crippen LogP contribution is -2.27. The SMILES string of the molecule is COCCCNC(=O)Cc1cc(C)ccc1C. The molecule has 0 saturated carbocycles. The van der Waals surface area contributed by atoms with Crippen molar-refractivity contribution < 1.29 is 9.53 Å². The Kier molecular flexibility index (Phi) is 5.70. The fourth-order valence-corrected chi connectivity index (χ4v) is 1.67. The molecule has 0 aliphatic carbocycles. The summed E-state index contributed by atoms with van der Waals surface area (Å²) < 4.78 is 4.93. The van der Waals surface area contributed by atoms with Crippen LogP contribution >= 0.6 is 0 Å². The quantitative estimate of drug-likeness (QED) is 0.766. The minimum Gasteiger partial charge on any atom is -0.385 e. The highest BCUT2D eigenvalue weighted by molar-refractivity contribution is 5.78. The van der Waals surface area contributed by atoms with E-state index in [0.29, 0.717) is 19.6 Å². The number of nitrogens with one attached hydrogen (secondary N) is 1. The van der Waals surface area contributed by atoms with Crippen molar-refractivity contribution in [3.8, 4) is 0 Å². The van der Waals surface area contributed by atoms with Crippen molar-refractivity contribution in [2.45, 2.75) is 26.7 Å². The Morgan fingerprint density at radius 2 is 2.12 bits per heavy atom. The van der Waals surface area contributed by atoms with Crippen LogP contribution in [0.25, 0.3) is 0 Å². The molecule has 1 aromatic carbocycles. The Balaban J connectivity index is 2.42. The van der Waals surface area contributed by atoms with Crippen LogP contribution in [-0.2, 0) is 16.0 Å². The molecule has 0 heterocycles. The molecule has 3 heteroatoms. The lowest BCUT2D eigenvalue weighted by molar-refractivity contribution is -0.120. The van der Waals surface area contributed by atoms with Gasteiger partial charge in [0.25, 0.3) is 0 Å². The minimum atomic E-state index is 0.0785. The summed E-state index contributed by atoms with van der Waals surface area (Å²) in [6.45, 7) is 5.44. The van der Waals surface area contributed by atoms with Crippen LogP contribution in [0.1, 0.15) is 23.1 Å². The second-order valence-electron chi connectivity index (χ2n) is 4.30. The van der Waals surface area contributed by atoms with Crippen LogP contribution in [0.5, 0.6) is 0 Å². The number of carbonyl (C=O) groups is 1. The monoisotopic (exact) mass is 235 g/mol. The van der Waals surface area contributed by atoms with Gasteiger partial charge in [0, 0.05) is 20.3 Å². The summed E-state index contributed by atoms with van der Waals surface area (Å²) in [5.74, 6) is 0.0785. The van der Waals surface area contributed by atoms with Crippen LogP contribution in [0.3, 0.4) is 0 Å². The van der Waals surface area contributed by atoms with E-state index in [1.54, 1.807) is 7.11 Å². The lowest BCUT2D eigenvalue weighted by atomic mass is 10.0. The van der Waals surface area contributed by atoms with Crippen LogP contribution in [-0.4, -0.2) is 26.2 Å². The molecule has 1 aromatic rings. The van der Waals surface area contributed by atoms with Gasteiger partial charge >= 0.3 is 0 Å². The summed E-state index contributed by atoms with van der Waals surface area (Å²) in [4.78, 5) is 11.7. The van der Waals surface area contributed by atoms with Gasteiger partial charge in [0.2, 0.25) is 5.91 Å². The first-order chi connectivity index (χ1) is 8.13. The number of carbonyl (C=O) groups excluding carboxylic acids is 1. The zero-order valence-electron chi connectivity index (χ0n) is 10.9. The number of benzene rings is 1. The number of ether oxygens (including phenoxy) is 1. The fraction of sp³-hybridized carbons (Fsp3) is 0.500. The van der Waals surface area contributed by atoms with E-state index in [1.165, 1.54) is 11.1 Å². The van der Waals surface area contributed by atoms with Crippen molar-refractivity contribution in [1.29, 1.82) is 0 Å². The van der Waals surface area contributed by atoms with Crippen LogP contribution in [0.2, 0.25) is 0 Å². The molecular weight excluding hydrogens is 214 g/mol. The van der Waals surface area contributed by atoms with Gasteiger partial charge in [-0.25, -0.2) is 0 Å². The smallest absolute Gasteiger partial charge is 0.224 e. The van der Waals surface area contributed by atoms with Gasteiger partial charge in [0.1, 0.15) is 0 Å². The lowest BCUT2D eigenvalue weighted by Gasteiger charge is -2.08. The van der Waals surface area contributed by atoms with Crippen molar-refractivity contribution >= 4 is 5.91 Å². The molecular formula is C14H21NO2. The van der Waals surface area contributed by atoms with E-state index >= 15 is 0 Å². The molecule has 1 rings (SSSR count). The molecule has 0 bridgehead atoms. The molecule has 0 aliphatic rings. The number of aryl methyl sites for hydroxylation is 2. The third-order valence-corrected chi connectivity index (χ3v) is 2.70. The van der Waals surface area contributed by atoms with Gasteiger partial charge in [-0.2, -0.15) is 0 Å². The maximum atomic E-state index is 11.7. The maximum absolute atomic E-state index is 11.7. The van der Waals surface area contributed by atoms with Crippen LogP contribution in [0.15, 0.2) is 18.2 Å². The Morgan fingerprint density at radius 3 is 2.82 bits per heavy atom. The Bertz CT molecular complexity index is 374. The molecule has 0 radical (unpaired) electrons. The van der Waals surface area contributed by atoms with Gasteiger partial charge in [0.15, 0.2) is 0 Å². The second kappa shape index (κ2) is 7.07. The zero-order valence-corrected chi connectivity index (χ0v) is 10.9. The summed E-state index contributed by atoms with van der Waals surface area (Å²) in [6.07, 6.45) is 1.32. The highest BCUT2D eigenvalue weighted by Gasteiger charge is 2.05. The second-order valence-corrected chi connectivity index (χ2v) is 4.30. The van der Waals surface area contributed by atoms with Crippen molar-refractivity contribution in [3.05, 3.63) is 34.9 Å². The molecule has 0 atom stereocenters. The fourth-order valence-electron chi connectivity index (χ4n) is 1.67. The summed E-state index contributed by atoms with van der Waals surface area (Å²) >= 11 is 0. The Morgan fingerprint density at radius 1 is 1.35 bits per heavy atom. The molecule has 0 unspecified atom stereocenters. The summed E-state index contributed by atoms with van der Waals surface area (Å²) in [7, 11) is 1.66. The van der Waals surface area contributed by atoms with E-state index in [0.717, 1.165) is 12.0 Å². The van der Waals surface area contributed by atoms with Crippen LogP contribution in [0, 0.1) is 13.8 Å². The van der Waals surface area contributed by atoms with Crippen LogP contribution < -0.4 is 5.32 Å². The number of methoxy groups -OCH3 is 1. The molecule has 1 amide bonds. The third kappa shape index (κ3) is 5.00. The summed E-state index contributed by atoms with van der Waals surface area (Å²) in [5, 5.41) is 2.89. The largest absolute Gasteiger partial charge is 0.385 e. The zero-order chi connectivity index (χ0) is 12.7. The standard InChI is InChI=1S/C14H21NO2/c1-11-5-6-12(2)13(9-11)10-14(16)15-7-4-8-17-3/h5-6,9H,4,7-8,10H2,1-3H3,(H,15,16). The number of hydrogen-bond acceptors (Lipinski definition) is 2. The minimum absolute atomic E-state index is 0.0785. The first kappa shape index (κ1) is 13.7. The first-order valence-corrected chi connectivity index (χ1v) is 5.95. The van der Waals surface area contributed by atoms with E-state index < -0.39 is 0 Å². The molecule has 17 heavy (non-hydrogen) atoms. The van der Waals surface area contributed by atoms with Crippen molar-refractivity contribution in [2.75, 3.05) is 20.3 Å². The van der Waals surface area contributed by atoms with Crippen molar-refractivity contribution in [3.63, 3.8) is 0 Å². The predicted octanol–water partition coefficient (Wildman–Crippen LogP) is 2.00. The van der Waals surface area contributed by atoms with Gasteiger partial charge in [0.05, 0.1) is 6.42 Å². The summed E-state index contributed by atoms with van der Waals surface area (Å²) in [5.41, 5.74) is 3.47. The van der Waals surface area contributed by atoms with Gasteiger partial charge < -0.3 is 10.1 Å². The molecule has 0 spiro atoms. The molecule has 0 aliphatic heterocycles. The van der Waals surface area contributed by atoms with Gasteiger partial charge in [-0.1, -0.05) is 23.8 Å². The first-order valence-electron chi connectivity index (χ1n) is 5.95. The van der Waals surface area contributed by atoms with E-state index in [9.17, 15) is 4.79 Å². The number of rotatable bonds is 6. The van der Waals surface area contributed by atoms with E-state index in [1.807, 2.05) is 13.8 Å². The summed E-state index contributed by atoms with van der Waals surface area (Å²) in [6, 6.07) is 6.20. The molecule has 94 valence electrons. The molecule has 0 fully saturated rings. The van der Waals surface area contributed by atoms with Crippen molar-refractivity contribution in [1.82, 2.24) is 5.32 Å². The molecule has 1 N–H and O–H groups in total. The van der Waals surface area contributed by atoms with Gasteiger partial charge in [-0.15, -0.1) is 0 Å². The average molecular weight is 235 g/mol. The predicted molar refractivity (Wildman–Crippen MR) is 69.1 cm³/mol. The normalized spacial score (nSPS) is 10.3. The van der Waals surface area contributed by atoms with Crippen molar-refractivity contribution in [2.24, 2.45) is 0 Å². The number of hydrogen-bond donors (Lipinski definition) is 1. The molecule has 0 aromatic heterocycles. The Hall–Kier alpha value is -1.35. The topological polar surface area (TPSA) is 38.3 Å². The Labute approximate surface area is 103 Å². The molecule has 3 nitrogen and oxygen atoms in total. The average Bonchev–Trinajstić information content (AvgIpc) is 2.29. The molecule has 0 saturated heterocycles. The number of amides is 1. The van der Waals surface area contributed by atoms with Gasteiger partial charge in [-0.3, -0.25) is 4.79 Å². The van der Waals surface area contributed by atoms with E-state index in [-0.39, 0.29) is 5.91 Å². The highest BCUT2D eigenvalue weighted by atomic mass is 16.5. The van der Waals surface area contributed by atoms with E-state index in [4.69, 9.17) is 4.74 Å². The van der Waals surface area contributed by atoms with Gasteiger partial charge in [-0.05, 0) is 31.4 Å². The highest BCUT2D eigenvalue weighted by Crippen LogP contribution is 2.11. The maximum Gasteiger partial charge on any atom is 0.224 e.